The third-order valence-electron chi connectivity index (χ3n) is 3.80. The number of anilines is 1. The molecule has 124 valence electrons. The lowest BCUT2D eigenvalue weighted by Crippen LogP contribution is -2.35. The first-order valence-electron chi connectivity index (χ1n) is 7.44. The van der Waals surface area contributed by atoms with Crippen molar-refractivity contribution in [3.05, 3.63) is 29.8 Å². The summed E-state index contributed by atoms with van der Waals surface area (Å²) in [5.74, 6) is -1.09. The van der Waals surface area contributed by atoms with Gasteiger partial charge in [0.1, 0.15) is 11.8 Å². The van der Waals surface area contributed by atoms with Gasteiger partial charge in [0.25, 0.3) is 0 Å². The number of carboxylic acid groups (broad SMARTS) is 1. The largest absolute Gasteiger partial charge is 0.480 e. The Morgan fingerprint density at radius 2 is 1.96 bits per heavy atom. The lowest BCUT2D eigenvalue weighted by Gasteiger charge is -2.21. The SMILES string of the molecule is CC(=O)CN1C[C@H](C)N(c2ccc(CC(N)C(=O)O)cc2)C1=O. The minimum atomic E-state index is -1.04. The molecule has 2 amide bonds. The topological polar surface area (TPSA) is 104 Å². The first-order chi connectivity index (χ1) is 10.8. The van der Waals surface area contributed by atoms with E-state index in [4.69, 9.17) is 10.8 Å². The molecule has 2 rings (SSSR count). The molecule has 0 spiro atoms. The number of benzene rings is 1. The predicted molar refractivity (Wildman–Crippen MR) is 85.3 cm³/mol. The lowest BCUT2D eigenvalue weighted by molar-refractivity contribution is -0.138. The molecule has 1 aliphatic rings. The zero-order chi connectivity index (χ0) is 17.1. The van der Waals surface area contributed by atoms with Crippen molar-refractivity contribution in [2.45, 2.75) is 32.4 Å². The molecule has 0 radical (unpaired) electrons. The van der Waals surface area contributed by atoms with Gasteiger partial charge in [-0.25, -0.2) is 4.79 Å². The molecule has 1 saturated heterocycles. The molecule has 0 saturated carbocycles. The summed E-state index contributed by atoms with van der Waals surface area (Å²) in [7, 11) is 0. The molecule has 3 N–H and O–H groups in total. The number of hydrogen-bond acceptors (Lipinski definition) is 4. The fraction of sp³-hybridized carbons (Fsp3) is 0.438. The number of hydrogen-bond donors (Lipinski definition) is 2. The van der Waals surface area contributed by atoms with Gasteiger partial charge in [-0.15, -0.1) is 0 Å². The number of Topliss-reactive ketones (excluding diaryl/α,β-unsaturated/α-hetero) is 1. The summed E-state index contributed by atoms with van der Waals surface area (Å²) in [5, 5.41) is 8.83. The number of urea groups is 1. The Labute approximate surface area is 134 Å². The average molecular weight is 319 g/mol. The summed E-state index contributed by atoms with van der Waals surface area (Å²) in [4.78, 5) is 37.6. The first-order valence-corrected chi connectivity index (χ1v) is 7.44. The zero-order valence-electron chi connectivity index (χ0n) is 13.2. The predicted octanol–water partition coefficient (Wildman–Crippen LogP) is 0.860. The lowest BCUT2D eigenvalue weighted by atomic mass is 10.1. The number of amides is 2. The van der Waals surface area contributed by atoms with Crippen molar-refractivity contribution >= 4 is 23.5 Å². The first kappa shape index (κ1) is 17.0. The van der Waals surface area contributed by atoms with Crippen molar-refractivity contribution in [3.8, 4) is 0 Å². The van der Waals surface area contributed by atoms with Crippen LogP contribution in [0.5, 0.6) is 0 Å². The second kappa shape index (κ2) is 6.78. The van der Waals surface area contributed by atoms with Gasteiger partial charge in [-0.05, 0) is 38.0 Å². The van der Waals surface area contributed by atoms with Crippen molar-refractivity contribution < 1.29 is 19.5 Å². The van der Waals surface area contributed by atoms with Crippen molar-refractivity contribution in [2.24, 2.45) is 5.73 Å². The number of nitrogens with two attached hydrogens (primary N) is 1. The Morgan fingerprint density at radius 3 is 2.48 bits per heavy atom. The van der Waals surface area contributed by atoms with Gasteiger partial charge in [0, 0.05) is 12.2 Å². The summed E-state index contributed by atoms with van der Waals surface area (Å²) >= 11 is 0. The second-order valence-electron chi connectivity index (χ2n) is 5.90. The number of carboxylic acids is 1. The van der Waals surface area contributed by atoms with Gasteiger partial charge in [0.05, 0.1) is 12.6 Å². The minimum Gasteiger partial charge on any atom is -0.480 e. The van der Waals surface area contributed by atoms with Crippen LogP contribution in [-0.2, 0) is 16.0 Å². The van der Waals surface area contributed by atoms with Crippen molar-refractivity contribution in [1.29, 1.82) is 0 Å². The van der Waals surface area contributed by atoms with E-state index in [1.165, 1.54) is 11.8 Å². The second-order valence-corrected chi connectivity index (χ2v) is 5.90. The molecular weight excluding hydrogens is 298 g/mol. The Morgan fingerprint density at radius 1 is 1.35 bits per heavy atom. The third kappa shape index (κ3) is 3.87. The number of aliphatic carboxylic acids is 1. The highest BCUT2D eigenvalue weighted by atomic mass is 16.4. The van der Waals surface area contributed by atoms with E-state index < -0.39 is 12.0 Å². The van der Waals surface area contributed by atoms with E-state index in [9.17, 15) is 14.4 Å². The molecule has 2 atom stereocenters. The summed E-state index contributed by atoms with van der Waals surface area (Å²) in [6, 6.07) is 5.92. The maximum atomic E-state index is 12.4. The summed E-state index contributed by atoms with van der Waals surface area (Å²) < 4.78 is 0. The van der Waals surface area contributed by atoms with E-state index in [1.54, 1.807) is 29.2 Å². The molecule has 0 aliphatic carbocycles. The molecule has 1 aromatic carbocycles. The Bertz CT molecular complexity index is 614. The Hall–Kier alpha value is -2.41. The van der Waals surface area contributed by atoms with Crippen LogP contribution in [0.4, 0.5) is 10.5 Å². The monoisotopic (exact) mass is 319 g/mol. The standard InChI is InChI=1S/C16H21N3O4/c1-10-8-18(9-11(2)20)16(23)19(10)13-5-3-12(4-6-13)7-14(17)15(21)22/h3-6,10,14H,7-9,17H2,1-2H3,(H,21,22)/t10-,14?/m0/s1. The smallest absolute Gasteiger partial charge is 0.325 e. The van der Waals surface area contributed by atoms with Crippen LogP contribution >= 0.6 is 0 Å². The van der Waals surface area contributed by atoms with E-state index in [1.807, 2.05) is 6.92 Å². The fourth-order valence-corrected chi connectivity index (χ4v) is 2.72. The van der Waals surface area contributed by atoms with E-state index in [-0.39, 0.29) is 30.8 Å². The zero-order valence-corrected chi connectivity index (χ0v) is 13.2. The van der Waals surface area contributed by atoms with Crippen LogP contribution in [-0.4, -0.2) is 53.0 Å². The molecule has 0 bridgehead atoms. The maximum absolute atomic E-state index is 12.4. The van der Waals surface area contributed by atoms with Gasteiger partial charge >= 0.3 is 12.0 Å². The van der Waals surface area contributed by atoms with E-state index in [0.29, 0.717) is 6.54 Å². The van der Waals surface area contributed by atoms with Crippen LogP contribution < -0.4 is 10.6 Å². The van der Waals surface area contributed by atoms with Crippen molar-refractivity contribution in [3.63, 3.8) is 0 Å². The highest BCUT2D eigenvalue weighted by Gasteiger charge is 2.35. The van der Waals surface area contributed by atoms with Crippen LogP contribution in [0, 0.1) is 0 Å². The van der Waals surface area contributed by atoms with Crippen molar-refractivity contribution in [1.82, 2.24) is 4.90 Å². The van der Waals surface area contributed by atoms with Crippen LogP contribution in [0.2, 0.25) is 0 Å². The third-order valence-corrected chi connectivity index (χ3v) is 3.80. The molecular formula is C16H21N3O4. The maximum Gasteiger partial charge on any atom is 0.325 e. The van der Waals surface area contributed by atoms with E-state index in [2.05, 4.69) is 0 Å². The number of rotatable bonds is 6. The molecule has 1 unspecified atom stereocenters. The number of carbonyl (C=O) groups excluding carboxylic acids is 2. The molecule has 23 heavy (non-hydrogen) atoms. The molecule has 1 heterocycles. The molecule has 7 nitrogen and oxygen atoms in total. The van der Waals surface area contributed by atoms with Gasteiger partial charge in [-0.1, -0.05) is 12.1 Å². The van der Waals surface area contributed by atoms with Crippen LogP contribution in [0.1, 0.15) is 19.4 Å². The van der Waals surface area contributed by atoms with Crippen molar-refractivity contribution in [2.75, 3.05) is 18.0 Å². The number of ketones is 1. The highest BCUT2D eigenvalue weighted by molar-refractivity contribution is 5.97. The van der Waals surface area contributed by atoms with E-state index >= 15 is 0 Å². The fourth-order valence-electron chi connectivity index (χ4n) is 2.72. The molecule has 1 aliphatic heterocycles. The quantitative estimate of drug-likeness (QED) is 0.809. The van der Waals surface area contributed by atoms with Gasteiger partial charge in [0.2, 0.25) is 0 Å². The van der Waals surface area contributed by atoms with Gasteiger partial charge in [0.15, 0.2) is 0 Å². The Balaban J connectivity index is 2.11. The average Bonchev–Trinajstić information content (AvgIpc) is 2.73. The number of nitrogens with zero attached hydrogens (tertiary/aromatic N) is 2. The molecule has 0 aromatic heterocycles. The van der Waals surface area contributed by atoms with Crippen LogP contribution in [0.25, 0.3) is 0 Å². The summed E-state index contributed by atoms with van der Waals surface area (Å²) in [6.07, 6.45) is 0.232. The normalized spacial score (nSPS) is 19.1. The molecule has 7 heteroatoms. The van der Waals surface area contributed by atoms with E-state index in [0.717, 1.165) is 11.3 Å². The van der Waals surface area contributed by atoms with Gasteiger partial charge in [-0.3, -0.25) is 14.5 Å². The Kier molecular flexibility index (Phi) is 5.00. The van der Waals surface area contributed by atoms with Gasteiger partial charge in [-0.2, -0.15) is 0 Å². The van der Waals surface area contributed by atoms with Gasteiger partial charge < -0.3 is 15.7 Å². The number of carbonyl (C=O) groups is 3. The summed E-state index contributed by atoms with van der Waals surface area (Å²) in [5.41, 5.74) is 7.03. The molecule has 1 aromatic rings. The summed E-state index contributed by atoms with van der Waals surface area (Å²) in [6.45, 7) is 4.00. The highest BCUT2D eigenvalue weighted by Crippen LogP contribution is 2.25. The van der Waals surface area contributed by atoms with Crippen LogP contribution in [0.3, 0.4) is 0 Å². The van der Waals surface area contributed by atoms with Crippen LogP contribution in [0.15, 0.2) is 24.3 Å². The minimum absolute atomic E-state index is 0.0334. The molecule has 1 fully saturated rings.